The van der Waals surface area contributed by atoms with Gasteiger partial charge < -0.3 is 11.1 Å². The number of hydrogen-bond donors (Lipinski definition) is 3. The van der Waals surface area contributed by atoms with Crippen molar-refractivity contribution in [3.63, 3.8) is 0 Å². The Hall–Kier alpha value is -2.15. The normalized spacial score (nSPS) is 11.0. The maximum atomic E-state index is 13.6. The summed E-state index contributed by atoms with van der Waals surface area (Å²) in [6, 6.07) is 1.52. The molecule has 0 aliphatic heterocycles. The number of benzene rings is 1. The van der Waals surface area contributed by atoms with Gasteiger partial charge in [-0.3, -0.25) is 9.89 Å². The number of hydrogen-bond acceptors (Lipinski definition) is 3. The summed E-state index contributed by atoms with van der Waals surface area (Å²) >= 11 is 5.71. The van der Waals surface area contributed by atoms with E-state index in [1.807, 2.05) is 13.8 Å². The number of H-pyrrole nitrogens is 1. The fourth-order valence-electron chi connectivity index (χ4n) is 1.81. The number of nitrogens with two attached hydrogens (primary N) is 1. The third-order valence-corrected chi connectivity index (χ3v) is 3.17. The lowest BCUT2D eigenvalue weighted by atomic mass is 10.1. The van der Waals surface area contributed by atoms with Gasteiger partial charge in [0.1, 0.15) is 5.82 Å². The lowest BCUT2D eigenvalue weighted by Crippen LogP contribution is -2.16. The highest BCUT2D eigenvalue weighted by atomic mass is 35.5. The molecule has 0 fully saturated rings. The van der Waals surface area contributed by atoms with E-state index in [-0.39, 0.29) is 28.0 Å². The fourth-order valence-corrected chi connectivity index (χ4v) is 2.05. The predicted molar refractivity (Wildman–Crippen MR) is 76.4 cm³/mol. The summed E-state index contributed by atoms with van der Waals surface area (Å²) < 4.78 is 26.6. The highest BCUT2D eigenvalue weighted by molar-refractivity contribution is 6.34. The van der Waals surface area contributed by atoms with Crippen LogP contribution in [0.3, 0.4) is 0 Å². The largest absolute Gasteiger partial charge is 0.395 e. The molecule has 1 heterocycles. The molecule has 0 saturated heterocycles. The molecule has 4 N–H and O–H groups in total. The van der Waals surface area contributed by atoms with Gasteiger partial charge in [-0.25, -0.2) is 8.78 Å². The first-order valence-corrected chi connectivity index (χ1v) is 6.48. The second kappa shape index (κ2) is 5.69. The van der Waals surface area contributed by atoms with Gasteiger partial charge >= 0.3 is 0 Å². The van der Waals surface area contributed by atoms with Crippen molar-refractivity contribution in [1.82, 2.24) is 10.2 Å². The number of carbonyl (C=O) groups is 1. The van der Waals surface area contributed by atoms with Crippen LogP contribution in [0.2, 0.25) is 5.02 Å². The van der Waals surface area contributed by atoms with Gasteiger partial charge in [0, 0.05) is 6.07 Å². The van der Waals surface area contributed by atoms with E-state index >= 15 is 0 Å². The molecule has 5 nitrogen and oxygen atoms in total. The van der Waals surface area contributed by atoms with Gasteiger partial charge in [-0.2, -0.15) is 5.10 Å². The minimum absolute atomic E-state index is 0.0465. The van der Waals surface area contributed by atoms with E-state index in [2.05, 4.69) is 15.5 Å². The van der Waals surface area contributed by atoms with Crippen molar-refractivity contribution in [3.8, 4) is 0 Å². The van der Waals surface area contributed by atoms with E-state index in [4.69, 9.17) is 17.3 Å². The third kappa shape index (κ3) is 2.97. The minimum atomic E-state index is -0.980. The van der Waals surface area contributed by atoms with Crippen LogP contribution in [0.4, 0.5) is 20.2 Å². The van der Waals surface area contributed by atoms with Crippen LogP contribution >= 0.6 is 11.6 Å². The number of nitrogens with one attached hydrogen (secondary N) is 2. The van der Waals surface area contributed by atoms with Gasteiger partial charge in [0.2, 0.25) is 0 Å². The standard InChI is InChI=1S/C13H13ClF2N4O/c1-5(2)10-9(17)12(20-19-10)13(21)18-11-7(14)3-6(15)4-8(11)16/h3-5H,17H2,1-2H3,(H,18,21)(H,19,20). The quantitative estimate of drug-likeness (QED) is 0.812. The summed E-state index contributed by atoms with van der Waals surface area (Å²) in [5, 5.41) is 8.45. The zero-order chi connectivity index (χ0) is 15.7. The molecule has 0 bridgehead atoms. The molecule has 8 heteroatoms. The Labute approximate surface area is 124 Å². The van der Waals surface area contributed by atoms with Crippen molar-refractivity contribution in [2.75, 3.05) is 11.1 Å². The molecular formula is C13H13ClF2N4O. The average Bonchev–Trinajstić information content (AvgIpc) is 2.75. The van der Waals surface area contributed by atoms with Crippen LogP contribution in [-0.4, -0.2) is 16.1 Å². The first-order chi connectivity index (χ1) is 9.81. The van der Waals surface area contributed by atoms with E-state index in [9.17, 15) is 13.6 Å². The van der Waals surface area contributed by atoms with Crippen molar-refractivity contribution < 1.29 is 13.6 Å². The number of rotatable bonds is 3. The molecule has 1 aromatic heterocycles. The smallest absolute Gasteiger partial charge is 0.278 e. The number of nitrogens with zero attached hydrogens (tertiary/aromatic N) is 1. The lowest BCUT2D eigenvalue weighted by Gasteiger charge is -2.08. The molecule has 1 aromatic carbocycles. The van der Waals surface area contributed by atoms with Crippen LogP contribution in [0.15, 0.2) is 12.1 Å². The molecular weight excluding hydrogens is 302 g/mol. The van der Waals surface area contributed by atoms with Crippen LogP contribution in [0.5, 0.6) is 0 Å². The Morgan fingerprint density at radius 1 is 1.43 bits per heavy atom. The van der Waals surface area contributed by atoms with Crippen LogP contribution < -0.4 is 11.1 Å². The van der Waals surface area contributed by atoms with Crippen LogP contribution in [0.25, 0.3) is 0 Å². The van der Waals surface area contributed by atoms with Gasteiger partial charge in [-0.15, -0.1) is 0 Å². The highest BCUT2D eigenvalue weighted by Crippen LogP contribution is 2.28. The van der Waals surface area contributed by atoms with Gasteiger partial charge in [-0.1, -0.05) is 25.4 Å². The molecule has 0 radical (unpaired) electrons. The number of halogens is 3. The Morgan fingerprint density at radius 2 is 2.10 bits per heavy atom. The van der Waals surface area contributed by atoms with Crippen LogP contribution in [0, 0.1) is 11.6 Å². The van der Waals surface area contributed by atoms with Gasteiger partial charge in [0.25, 0.3) is 5.91 Å². The van der Waals surface area contributed by atoms with E-state index in [0.29, 0.717) is 11.8 Å². The predicted octanol–water partition coefficient (Wildman–Crippen LogP) is 3.30. The minimum Gasteiger partial charge on any atom is -0.395 e. The summed E-state index contributed by atoms with van der Waals surface area (Å²) in [6.07, 6.45) is 0. The summed E-state index contributed by atoms with van der Waals surface area (Å²) in [5.74, 6) is -2.50. The van der Waals surface area contributed by atoms with E-state index < -0.39 is 17.5 Å². The molecule has 2 aromatic rings. The maximum Gasteiger partial charge on any atom is 0.278 e. The van der Waals surface area contributed by atoms with Crippen molar-refractivity contribution in [2.45, 2.75) is 19.8 Å². The zero-order valence-corrected chi connectivity index (χ0v) is 12.1. The van der Waals surface area contributed by atoms with Crippen LogP contribution in [0.1, 0.15) is 35.9 Å². The molecule has 112 valence electrons. The molecule has 0 spiro atoms. The molecule has 0 aliphatic carbocycles. The molecule has 0 aliphatic rings. The van der Waals surface area contributed by atoms with Gasteiger partial charge in [0.15, 0.2) is 11.5 Å². The van der Waals surface area contributed by atoms with E-state index in [1.165, 1.54) is 0 Å². The Kier molecular flexibility index (Phi) is 4.13. The Bertz CT molecular complexity index is 676. The topological polar surface area (TPSA) is 83.8 Å². The van der Waals surface area contributed by atoms with Crippen molar-refractivity contribution in [1.29, 1.82) is 0 Å². The summed E-state index contributed by atoms with van der Waals surface area (Å²) in [4.78, 5) is 12.1. The van der Waals surface area contributed by atoms with Crippen molar-refractivity contribution in [3.05, 3.63) is 40.2 Å². The second-order valence-corrected chi connectivity index (χ2v) is 5.16. The molecule has 0 unspecified atom stereocenters. The molecule has 2 rings (SSSR count). The average molecular weight is 315 g/mol. The maximum absolute atomic E-state index is 13.6. The number of carbonyl (C=O) groups excluding carboxylic acids is 1. The summed E-state index contributed by atoms with van der Waals surface area (Å²) in [7, 11) is 0. The van der Waals surface area contributed by atoms with Crippen LogP contribution in [-0.2, 0) is 0 Å². The van der Waals surface area contributed by atoms with E-state index in [1.54, 1.807) is 0 Å². The molecule has 0 saturated carbocycles. The highest BCUT2D eigenvalue weighted by Gasteiger charge is 2.21. The molecule has 0 atom stereocenters. The Morgan fingerprint density at radius 3 is 2.62 bits per heavy atom. The summed E-state index contributed by atoms with van der Waals surface area (Å²) in [5.41, 5.74) is 6.21. The van der Waals surface area contributed by atoms with E-state index in [0.717, 1.165) is 6.07 Å². The monoisotopic (exact) mass is 314 g/mol. The molecule has 21 heavy (non-hydrogen) atoms. The second-order valence-electron chi connectivity index (χ2n) is 4.75. The Balaban J connectivity index is 2.31. The SMILES string of the molecule is CC(C)c1[nH]nc(C(=O)Nc2c(F)cc(F)cc2Cl)c1N. The number of aromatic nitrogens is 2. The lowest BCUT2D eigenvalue weighted by molar-refractivity contribution is 0.102. The fraction of sp³-hybridized carbons (Fsp3) is 0.231. The number of nitrogen functional groups attached to an aromatic ring is 1. The number of amides is 1. The molecule has 1 amide bonds. The number of aromatic amines is 1. The van der Waals surface area contributed by atoms with Crippen molar-refractivity contribution in [2.24, 2.45) is 0 Å². The van der Waals surface area contributed by atoms with Gasteiger partial charge in [-0.05, 0) is 12.0 Å². The van der Waals surface area contributed by atoms with Crippen molar-refractivity contribution >= 4 is 28.9 Å². The first kappa shape index (κ1) is 15.2. The third-order valence-electron chi connectivity index (χ3n) is 2.87. The summed E-state index contributed by atoms with van der Waals surface area (Å²) in [6.45, 7) is 3.75. The number of anilines is 2. The first-order valence-electron chi connectivity index (χ1n) is 6.11. The van der Waals surface area contributed by atoms with Gasteiger partial charge in [0.05, 0.1) is 22.1 Å². The zero-order valence-electron chi connectivity index (χ0n) is 11.3.